The summed E-state index contributed by atoms with van der Waals surface area (Å²) in [7, 11) is 0. The molecule has 0 aliphatic carbocycles. The van der Waals surface area contributed by atoms with Gasteiger partial charge in [-0.05, 0) is 0 Å². The first-order valence-corrected chi connectivity index (χ1v) is 6.59. The van der Waals surface area contributed by atoms with Crippen molar-refractivity contribution >= 4 is 6.16 Å². The molecule has 1 aliphatic rings. The number of cyclic esters (lactones) is 2. The summed E-state index contributed by atoms with van der Waals surface area (Å²) in [6.45, 7) is -4.66. The minimum Gasteiger partial charge on any atom is -0.430 e. The first-order chi connectivity index (χ1) is 12.2. The number of carbonyl (C=O) groups excluding carboxylic acids is 1. The van der Waals surface area contributed by atoms with Crippen LogP contribution in [0.4, 0.5) is 61.9 Å². The molecule has 0 amide bonds. The van der Waals surface area contributed by atoms with Crippen LogP contribution < -0.4 is 0 Å². The first-order valence-electron chi connectivity index (χ1n) is 6.59. The predicted octanol–water partition coefficient (Wildman–Crippen LogP) is 4.28. The lowest BCUT2D eigenvalue weighted by Gasteiger charge is -2.39. The van der Waals surface area contributed by atoms with Gasteiger partial charge in [-0.25, -0.2) is 4.79 Å². The van der Waals surface area contributed by atoms with Crippen molar-refractivity contribution in [3.05, 3.63) is 0 Å². The maximum Gasteiger partial charge on any atom is 0.508 e. The van der Waals surface area contributed by atoms with Gasteiger partial charge in [0.25, 0.3) is 0 Å². The second kappa shape index (κ2) is 6.98. The molecule has 0 spiro atoms. The Kier molecular flexibility index (Phi) is 6.07. The number of hydrogen-bond donors (Lipinski definition) is 0. The summed E-state index contributed by atoms with van der Waals surface area (Å²) < 4.78 is 178. The SMILES string of the molecule is O=C1OCC(COCC(F)(F)C(F)(F)C(F)(F)C(F)(F)C(F)(F)C(F)(F)F)O1. The number of hydrogen-bond acceptors (Lipinski definition) is 4. The van der Waals surface area contributed by atoms with Gasteiger partial charge in [-0.2, -0.15) is 57.1 Å². The van der Waals surface area contributed by atoms with Crippen LogP contribution in [0, 0.1) is 0 Å². The third-order valence-corrected chi connectivity index (χ3v) is 3.24. The molecule has 1 saturated heterocycles. The van der Waals surface area contributed by atoms with E-state index in [2.05, 4.69) is 14.2 Å². The van der Waals surface area contributed by atoms with Gasteiger partial charge in [-0.15, -0.1) is 0 Å². The lowest BCUT2D eigenvalue weighted by Crippen LogP contribution is -2.70. The molecule has 1 atom stereocenters. The Morgan fingerprint density at radius 2 is 1.25 bits per heavy atom. The van der Waals surface area contributed by atoms with E-state index in [9.17, 15) is 61.9 Å². The molecule has 0 N–H and O–H groups in total. The van der Waals surface area contributed by atoms with Crippen LogP contribution in [-0.2, 0) is 14.2 Å². The molecule has 0 aromatic rings. The Morgan fingerprint density at radius 3 is 1.64 bits per heavy atom. The minimum absolute atomic E-state index is 0.646. The van der Waals surface area contributed by atoms with Gasteiger partial charge in [0.15, 0.2) is 6.10 Å². The van der Waals surface area contributed by atoms with E-state index in [1.54, 1.807) is 0 Å². The summed E-state index contributed by atoms with van der Waals surface area (Å²) in [5.41, 5.74) is 0. The summed E-state index contributed by atoms with van der Waals surface area (Å²) in [6, 6.07) is 0. The third-order valence-electron chi connectivity index (χ3n) is 3.24. The molecule has 1 rings (SSSR count). The molecule has 1 heterocycles. The summed E-state index contributed by atoms with van der Waals surface area (Å²) in [5, 5.41) is 0. The zero-order chi connectivity index (χ0) is 22.4. The molecule has 0 aromatic heterocycles. The van der Waals surface area contributed by atoms with E-state index >= 15 is 0 Å². The maximum atomic E-state index is 13.3. The highest BCUT2D eigenvalue weighted by Crippen LogP contribution is 2.60. The van der Waals surface area contributed by atoms with Gasteiger partial charge in [0, 0.05) is 0 Å². The maximum absolute atomic E-state index is 13.3. The molecular weight excluding hydrogens is 443 g/mol. The molecule has 0 radical (unpaired) electrons. The van der Waals surface area contributed by atoms with E-state index < -0.39 is 67.9 Å². The van der Waals surface area contributed by atoms with Crippen LogP contribution in [0.15, 0.2) is 0 Å². The Labute approximate surface area is 145 Å². The number of ether oxygens (including phenoxy) is 3. The number of carbonyl (C=O) groups is 1. The monoisotopic (exact) mass is 450 g/mol. The van der Waals surface area contributed by atoms with E-state index in [4.69, 9.17) is 0 Å². The zero-order valence-electron chi connectivity index (χ0n) is 12.7. The van der Waals surface area contributed by atoms with Crippen molar-refractivity contribution in [2.75, 3.05) is 19.8 Å². The zero-order valence-corrected chi connectivity index (χ0v) is 12.7. The molecule has 0 aromatic carbocycles. The standard InChI is InChI=1S/C11H7F13O4/c12-6(13,3-26-1-4-2-27-5(25)28-4)7(14,15)8(16,17)9(18,19)10(20,21)11(22,23)24/h4H,1-3H2. The molecule has 1 fully saturated rings. The van der Waals surface area contributed by atoms with Crippen molar-refractivity contribution in [2.45, 2.75) is 41.9 Å². The average Bonchev–Trinajstić information content (AvgIpc) is 2.90. The lowest BCUT2D eigenvalue weighted by molar-refractivity contribution is -0.441. The topological polar surface area (TPSA) is 44.8 Å². The molecule has 28 heavy (non-hydrogen) atoms. The summed E-state index contributed by atoms with van der Waals surface area (Å²) in [6.07, 6.45) is -10.3. The quantitative estimate of drug-likeness (QED) is 0.409. The van der Waals surface area contributed by atoms with Crippen LogP contribution in [-0.4, -0.2) is 67.9 Å². The van der Waals surface area contributed by atoms with Crippen LogP contribution in [0.25, 0.3) is 0 Å². The van der Waals surface area contributed by atoms with Gasteiger partial charge in [-0.3, -0.25) is 0 Å². The molecule has 1 aliphatic heterocycles. The van der Waals surface area contributed by atoms with E-state index in [0.29, 0.717) is 0 Å². The van der Waals surface area contributed by atoms with Gasteiger partial charge in [0.2, 0.25) is 0 Å². The van der Waals surface area contributed by atoms with Crippen molar-refractivity contribution < 1.29 is 76.1 Å². The van der Waals surface area contributed by atoms with Gasteiger partial charge < -0.3 is 14.2 Å². The molecule has 0 saturated carbocycles. The lowest BCUT2D eigenvalue weighted by atomic mass is 9.94. The van der Waals surface area contributed by atoms with Gasteiger partial charge in [0.05, 0.1) is 6.61 Å². The number of alkyl halides is 13. The largest absolute Gasteiger partial charge is 0.508 e. The fraction of sp³-hybridized carbons (Fsp3) is 0.909. The number of rotatable bonds is 8. The van der Waals surface area contributed by atoms with Crippen LogP contribution in [0.3, 0.4) is 0 Å². The van der Waals surface area contributed by atoms with E-state index in [-0.39, 0.29) is 0 Å². The Morgan fingerprint density at radius 1 is 0.786 bits per heavy atom. The normalized spacial score (nSPS) is 20.2. The van der Waals surface area contributed by atoms with E-state index in [0.717, 1.165) is 0 Å². The Bertz CT molecular complexity index is 586. The molecule has 17 heteroatoms. The van der Waals surface area contributed by atoms with Gasteiger partial charge in [-0.1, -0.05) is 0 Å². The summed E-state index contributed by atoms with van der Waals surface area (Å²) in [4.78, 5) is 10.5. The van der Waals surface area contributed by atoms with Gasteiger partial charge >= 0.3 is 41.9 Å². The van der Waals surface area contributed by atoms with E-state index in [1.165, 1.54) is 0 Å². The van der Waals surface area contributed by atoms with Crippen LogP contribution >= 0.6 is 0 Å². The van der Waals surface area contributed by atoms with Crippen molar-refractivity contribution in [1.82, 2.24) is 0 Å². The fourth-order valence-corrected chi connectivity index (χ4v) is 1.66. The summed E-state index contributed by atoms with van der Waals surface area (Å²) >= 11 is 0. The average molecular weight is 450 g/mol. The summed E-state index contributed by atoms with van der Waals surface area (Å²) in [5.74, 6) is -37.4. The molecular formula is C11H7F13O4. The highest BCUT2D eigenvalue weighted by molar-refractivity contribution is 5.61. The second-order valence-electron chi connectivity index (χ2n) is 5.32. The van der Waals surface area contributed by atoms with Crippen LogP contribution in [0.5, 0.6) is 0 Å². The molecule has 0 bridgehead atoms. The Hall–Kier alpha value is -1.68. The van der Waals surface area contributed by atoms with Crippen molar-refractivity contribution in [2.24, 2.45) is 0 Å². The first kappa shape index (κ1) is 24.4. The fourth-order valence-electron chi connectivity index (χ4n) is 1.66. The van der Waals surface area contributed by atoms with Gasteiger partial charge in [0.1, 0.15) is 13.2 Å². The highest BCUT2D eigenvalue weighted by atomic mass is 19.4. The smallest absolute Gasteiger partial charge is 0.430 e. The van der Waals surface area contributed by atoms with Crippen LogP contribution in [0.1, 0.15) is 0 Å². The molecule has 4 nitrogen and oxygen atoms in total. The van der Waals surface area contributed by atoms with Crippen molar-refractivity contribution in [1.29, 1.82) is 0 Å². The highest BCUT2D eigenvalue weighted by Gasteiger charge is 2.90. The molecule has 1 unspecified atom stereocenters. The van der Waals surface area contributed by atoms with E-state index in [1.807, 2.05) is 0 Å². The Balaban J connectivity index is 3.03. The van der Waals surface area contributed by atoms with Crippen molar-refractivity contribution in [3.8, 4) is 0 Å². The van der Waals surface area contributed by atoms with Crippen LogP contribution in [0.2, 0.25) is 0 Å². The second-order valence-corrected chi connectivity index (χ2v) is 5.32. The third kappa shape index (κ3) is 3.76. The number of halogens is 13. The van der Waals surface area contributed by atoms with Crippen molar-refractivity contribution in [3.63, 3.8) is 0 Å². The minimum atomic E-state index is -7.96. The molecule has 166 valence electrons. The predicted molar refractivity (Wildman–Crippen MR) is 57.8 cm³/mol.